The number of thiophene rings is 1. The van der Waals surface area contributed by atoms with Gasteiger partial charge < -0.3 is 15.0 Å². The summed E-state index contributed by atoms with van der Waals surface area (Å²) in [6.07, 6.45) is 0.257. The SMILES string of the molecule is O=C(CCN1C(=O)COc2ccccc21)NCc1cc(Br)cs1. The largest absolute Gasteiger partial charge is 0.482 e. The van der Waals surface area contributed by atoms with Crippen molar-refractivity contribution in [1.82, 2.24) is 5.32 Å². The van der Waals surface area contributed by atoms with E-state index in [1.54, 1.807) is 16.2 Å². The van der Waals surface area contributed by atoms with Crippen LogP contribution < -0.4 is 15.0 Å². The molecule has 5 nitrogen and oxygen atoms in total. The van der Waals surface area contributed by atoms with Gasteiger partial charge >= 0.3 is 0 Å². The number of amides is 2. The Morgan fingerprint density at radius 1 is 1.39 bits per heavy atom. The molecule has 1 aromatic heterocycles. The van der Waals surface area contributed by atoms with E-state index in [0.717, 1.165) is 15.0 Å². The lowest BCUT2D eigenvalue weighted by molar-refractivity contribution is -0.122. The minimum atomic E-state index is -0.126. The number of anilines is 1. The molecular weight excluding hydrogens is 380 g/mol. The number of rotatable bonds is 5. The maximum atomic E-state index is 12.0. The van der Waals surface area contributed by atoms with Gasteiger partial charge in [0.15, 0.2) is 6.61 Å². The Hall–Kier alpha value is -1.86. The van der Waals surface area contributed by atoms with E-state index in [4.69, 9.17) is 4.74 Å². The fourth-order valence-electron chi connectivity index (χ4n) is 2.33. The highest BCUT2D eigenvalue weighted by Gasteiger charge is 2.25. The zero-order chi connectivity index (χ0) is 16.2. The van der Waals surface area contributed by atoms with E-state index in [0.29, 0.717) is 18.8 Å². The monoisotopic (exact) mass is 394 g/mol. The number of hydrogen-bond acceptors (Lipinski definition) is 4. The molecule has 3 rings (SSSR count). The first kappa shape index (κ1) is 16.0. The van der Waals surface area contributed by atoms with E-state index < -0.39 is 0 Å². The van der Waals surface area contributed by atoms with Crippen LogP contribution >= 0.6 is 27.3 Å². The molecule has 0 atom stereocenters. The number of ether oxygens (including phenoxy) is 1. The molecule has 0 fully saturated rings. The molecule has 0 saturated carbocycles. The first-order chi connectivity index (χ1) is 11.1. The fourth-order valence-corrected chi connectivity index (χ4v) is 3.72. The average Bonchev–Trinajstić information content (AvgIpc) is 2.97. The third-order valence-electron chi connectivity index (χ3n) is 3.45. The van der Waals surface area contributed by atoms with Gasteiger partial charge in [-0.1, -0.05) is 12.1 Å². The van der Waals surface area contributed by atoms with E-state index >= 15 is 0 Å². The lowest BCUT2D eigenvalue weighted by atomic mass is 10.2. The summed E-state index contributed by atoms with van der Waals surface area (Å²) in [6, 6.07) is 9.34. The minimum Gasteiger partial charge on any atom is -0.482 e. The Bertz CT molecular complexity index is 732. The van der Waals surface area contributed by atoms with E-state index in [1.165, 1.54) is 0 Å². The van der Waals surface area contributed by atoms with Crippen molar-refractivity contribution in [1.29, 1.82) is 0 Å². The molecule has 1 aromatic carbocycles. The lowest BCUT2D eigenvalue weighted by Crippen LogP contribution is -2.41. The summed E-state index contributed by atoms with van der Waals surface area (Å²) in [5.41, 5.74) is 0.721. The van der Waals surface area contributed by atoms with Gasteiger partial charge in [0.25, 0.3) is 5.91 Å². The van der Waals surface area contributed by atoms with Crippen LogP contribution in [-0.2, 0) is 16.1 Å². The first-order valence-corrected chi connectivity index (χ1v) is 8.82. The van der Waals surface area contributed by atoms with Crippen LogP contribution in [0.2, 0.25) is 0 Å². The molecule has 0 bridgehead atoms. The van der Waals surface area contributed by atoms with E-state index in [9.17, 15) is 9.59 Å². The number of nitrogens with zero attached hydrogens (tertiary/aromatic N) is 1. The predicted octanol–water partition coefficient (Wildman–Crippen LogP) is 2.94. The molecule has 1 N–H and O–H groups in total. The second kappa shape index (κ2) is 7.14. The Morgan fingerprint density at radius 2 is 2.22 bits per heavy atom. The van der Waals surface area contributed by atoms with Crippen LogP contribution in [0.25, 0.3) is 0 Å². The topological polar surface area (TPSA) is 58.6 Å². The minimum absolute atomic E-state index is 0.0157. The van der Waals surface area contributed by atoms with Crippen molar-refractivity contribution < 1.29 is 14.3 Å². The number of benzene rings is 1. The normalized spacial score (nSPS) is 13.4. The standard InChI is InChI=1S/C16H15BrN2O3S/c17-11-7-12(23-10-11)8-18-15(20)5-6-19-13-3-1-2-4-14(13)22-9-16(19)21/h1-4,7,10H,5-6,8-9H2,(H,18,20). The molecule has 1 aliphatic heterocycles. The third kappa shape index (κ3) is 3.92. The smallest absolute Gasteiger partial charge is 0.265 e. The highest BCUT2D eigenvalue weighted by atomic mass is 79.9. The van der Waals surface area contributed by atoms with E-state index in [2.05, 4.69) is 21.2 Å². The van der Waals surface area contributed by atoms with Crippen LogP contribution in [0.4, 0.5) is 5.69 Å². The van der Waals surface area contributed by atoms with Gasteiger partial charge in [0.1, 0.15) is 5.75 Å². The highest BCUT2D eigenvalue weighted by molar-refractivity contribution is 9.10. The molecule has 0 aliphatic carbocycles. The number of para-hydroxylation sites is 2. The fraction of sp³-hybridized carbons (Fsp3) is 0.250. The Kier molecular flexibility index (Phi) is 4.97. The zero-order valence-corrected chi connectivity index (χ0v) is 14.7. The van der Waals surface area contributed by atoms with Crippen molar-refractivity contribution in [3.8, 4) is 5.75 Å². The molecule has 120 valence electrons. The van der Waals surface area contributed by atoms with Crippen LogP contribution in [0, 0.1) is 0 Å². The predicted molar refractivity (Wildman–Crippen MR) is 92.8 cm³/mol. The summed E-state index contributed by atoms with van der Waals surface area (Å²) >= 11 is 4.97. The van der Waals surface area contributed by atoms with Crippen molar-refractivity contribution in [2.75, 3.05) is 18.1 Å². The maximum Gasteiger partial charge on any atom is 0.265 e. The van der Waals surface area contributed by atoms with Crippen molar-refractivity contribution in [3.05, 3.63) is 45.1 Å². The van der Waals surface area contributed by atoms with Crippen molar-refractivity contribution >= 4 is 44.8 Å². The molecule has 0 saturated heterocycles. The van der Waals surface area contributed by atoms with Gasteiger partial charge in [0.2, 0.25) is 5.91 Å². The summed E-state index contributed by atoms with van der Waals surface area (Å²) in [6.45, 7) is 0.865. The molecule has 7 heteroatoms. The molecular formula is C16H15BrN2O3S. The van der Waals surface area contributed by atoms with Crippen LogP contribution in [-0.4, -0.2) is 25.0 Å². The Morgan fingerprint density at radius 3 is 3.00 bits per heavy atom. The van der Waals surface area contributed by atoms with Crippen LogP contribution in [0.5, 0.6) is 5.75 Å². The molecule has 0 unspecified atom stereocenters. The lowest BCUT2D eigenvalue weighted by Gasteiger charge is -2.29. The number of fused-ring (bicyclic) bond motifs is 1. The number of hydrogen-bond donors (Lipinski definition) is 1. The van der Waals surface area contributed by atoms with Crippen molar-refractivity contribution in [2.24, 2.45) is 0 Å². The van der Waals surface area contributed by atoms with E-state index in [-0.39, 0.29) is 24.8 Å². The number of carbonyl (C=O) groups excluding carboxylic acids is 2. The van der Waals surface area contributed by atoms with Crippen molar-refractivity contribution in [3.63, 3.8) is 0 Å². The highest BCUT2D eigenvalue weighted by Crippen LogP contribution is 2.31. The van der Waals surface area contributed by atoms with E-state index in [1.807, 2.05) is 35.7 Å². The summed E-state index contributed by atoms with van der Waals surface area (Å²) in [5.74, 6) is 0.473. The second-order valence-corrected chi connectivity index (χ2v) is 6.97. The summed E-state index contributed by atoms with van der Waals surface area (Å²) < 4.78 is 6.40. The number of nitrogens with one attached hydrogen (secondary N) is 1. The number of halogens is 1. The zero-order valence-electron chi connectivity index (χ0n) is 12.3. The first-order valence-electron chi connectivity index (χ1n) is 7.15. The van der Waals surface area contributed by atoms with Gasteiger partial charge in [-0.25, -0.2) is 0 Å². The summed E-state index contributed by atoms with van der Waals surface area (Å²) in [4.78, 5) is 26.7. The summed E-state index contributed by atoms with van der Waals surface area (Å²) in [5, 5.41) is 4.85. The average molecular weight is 395 g/mol. The Labute approximate surface area is 146 Å². The van der Waals surface area contributed by atoms with Crippen LogP contribution in [0.1, 0.15) is 11.3 Å². The second-order valence-electron chi connectivity index (χ2n) is 5.06. The summed E-state index contributed by atoms with van der Waals surface area (Å²) in [7, 11) is 0. The Balaban J connectivity index is 1.55. The van der Waals surface area contributed by atoms with Crippen LogP contribution in [0.3, 0.4) is 0 Å². The molecule has 2 heterocycles. The molecule has 2 amide bonds. The molecule has 0 spiro atoms. The molecule has 1 aliphatic rings. The quantitative estimate of drug-likeness (QED) is 0.847. The molecule has 2 aromatic rings. The maximum absolute atomic E-state index is 12.0. The van der Waals surface area contributed by atoms with Gasteiger partial charge in [-0.15, -0.1) is 11.3 Å². The van der Waals surface area contributed by atoms with Gasteiger partial charge in [-0.3, -0.25) is 9.59 Å². The van der Waals surface area contributed by atoms with Crippen LogP contribution in [0.15, 0.2) is 40.2 Å². The van der Waals surface area contributed by atoms with Gasteiger partial charge in [0, 0.05) is 27.7 Å². The molecule has 23 heavy (non-hydrogen) atoms. The van der Waals surface area contributed by atoms with Gasteiger partial charge in [-0.2, -0.15) is 0 Å². The van der Waals surface area contributed by atoms with Gasteiger partial charge in [0.05, 0.1) is 12.2 Å². The number of carbonyl (C=O) groups is 2. The van der Waals surface area contributed by atoms with Gasteiger partial charge in [-0.05, 0) is 34.1 Å². The van der Waals surface area contributed by atoms with Crippen molar-refractivity contribution in [2.45, 2.75) is 13.0 Å². The molecule has 0 radical (unpaired) electrons. The third-order valence-corrected chi connectivity index (χ3v) is 5.15.